The molecular formula is C30H40N4O3. The molecule has 2 heterocycles. The van der Waals surface area contributed by atoms with Crippen LogP contribution in [0.5, 0.6) is 5.75 Å². The highest BCUT2D eigenvalue weighted by Gasteiger charge is 2.21. The molecule has 0 radical (unpaired) electrons. The molecule has 1 saturated heterocycles. The lowest BCUT2D eigenvalue weighted by Crippen LogP contribution is -2.33. The summed E-state index contributed by atoms with van der Waals surface area (Å²) < 4.78 is 7.80. The Balaban J connectivity index is 1.45. The van der Waals surface area contributed by atoms with E-state index in [9.17, 15) is 9.59 Å². The highest BCUT2D eigenvalue weighted by atomic mass is 16.5. The molecule has 2 amide bonds. The van der Waals surface area contributed by atoms with Crippen LogP contribution in [-0.2, 0) is 22.7 Å². The minimum atomic E-state index is -0.115. The molecule has 0 saturated carbocycles. The fourth-order valence-corrected chi connectivity index (χ4v) is 5.13. The van der Waals surface area contributed by atoms with Gasteiger partial charge in [-0.1, -0.05) is 30.3 Å². The molecule has 1 aliphatic heterocycles. The quantitative estimate of drug-likeness (QED) is 0.491. The predicted octanol–water partition coefficient (Wildman–Crippen LogP) is 4.66. The Hall–Kier alpha value is -3.32. The molecule has 7 heteroatoms. The summed E-state index contributed by atoms with van der Waals surface area (Å²) in [5.41, 5.74) is 3.51. The molecule has 1 unspecified atom stereocenters. The van der Waals surface area contributed by atoms with Gasteiger partial charge in [-0.25, -0.2) is 0 Å². The van der Waals surface area contributed by atoms with Gasteiger partial charge in [-0.2, -0.15) is 0 Å². The molecule has 7 nitrogen and oxygen atoms in total. The topological polar surface area (TPSA) is 75.6 Å². The standard InChI is InChI=1S/C30H40N4O3/c1-22(2)34-21-25(27-18-26(37-3)11-12-28(27)34)20-33-16-7-10-24(13-15-31-29(35)14-17-33)30(36)32-19-23-8-5-4-6-9-23/h4-6,8-9,11-12,18,21-22,24H,7,10,13-17,19-20H2,1-3H3,(H,31,35)(H,32,36). The number of carbonyl (C=O) groups excluding carboxylic acids is 2. The van der Waals surface area contributed by atoms with E-state index in [1.807, 2.05) is 36.4 Å². The Kier molecular flexibility index (Phi) is 9.23. The normalized spacial score (nSPS) is 17.8. The van der Waals surface area contributed by atoms with Gasteiger partial charge in [-0.3, -0.25) is 14.5 Å². The van der Waals surface area contributed by atoms with E-state index in [4.69, 9.17) is 4.74 Å². The minimum absolute atomic E-state index is 0.0432. The number of methoxy groups -OCH3 is 1. The summed E-state index contributed by atoms with van der Waals surface area (Å²) in [6, 6.07) is 16.5. The van der Waals surface area contributed by atoms with E-state index in [1.165, 1.54) is 16.5 Å². The molecule has 0 aliphatic carbocycles. The molecule has 2 aromatic carbocycles. The molecule has 2 N–H and O–H groups in total. The van der Waals surface area contributed by atoms with Crippen LogP contribution in [0.1, 0.15) is 56.7 Å². The van der Waals surface area contributed by atoms with Crippen molar-refractivity contribution >= 4 is 22.7 Å². The van der Waals surface area contributed by atoms with Crippen LogP contribution in [0.25, 0.3) is 10.9 Å². The largest absolute Gasteiger partial charge is 0.497 e. The number of aromatic nitrogens is 1. The summed E-state index contributed by atoms with van der Waals surface area (Å²) in [6.07, 6.45) is 5.06. The second-order valence-electron chi connectivity index (χ2n) is 10.2. The maximum absolute atomic E-state index is 13.0. The van der Waals surface area contributed by atoms with Crippen LogP contribution in [0.15, 0.2) is 54.7 Å². The van der Waals surface area contributed by atoms with Crippen LogP contribution in [0.3, 0.4) is 0 Å². The van der Waals surface area contributed by atoms with Crippen LogP contribution in [0.2, 0.25) is 0 Å². The summed E-state index contributed by atoms with van der Waals surface area (Å²) in [4.78, 5) is 27.9. The number of rotatable bonds is 7. The lowest BCUT2D eigenvalue weighted by atomic mass is 9.98. The number of amides is 2. The van der Waals surface area contributed by atoms with Gasteiger partial charge < -0.3 is 19.9 Å². The second kappa shape index (κ2) is 12.8. The number of fused-ring (bicyclic) bond motifs is 1. The monoisotopic (exact) mass is 504 g/mol. The Morgan fingerprint density at radius 3 is 2.70 bits per heavy atom. The van der Waals surface area contributed by atoms with E-state index in [1.54, 1.807) is 7.11 Å². The van der Waals surface area contributed by atoms with Crippen molar-refractivity contribution in [2.45, 2.75) is 58.7 Å². The molecule has 1 aliphatic rings. The van der Waals surface area contributed by atoms with Crippen LogP contribution in [0.4, 0.5) is 0 Å². The van der Waals surface area contributed by atoms with Crippen LogP contribution in [-0.4, -0.2) is 48.0 Å². The molecule has 1 fully saturated rings. The fourth-order valence-electron chi connectivity index (χ4n) is 5.13. The predicted molar refractivity (Wildman–Crippen MR) is 147 cm³/mol. The zero-order valence-electron chi connectivity index (χ0n) is 22.3. The number of hydrogen-bond donors (Lipinski definition) is 2. The number of benzene rings is 2. The molecule has 0 spiro atoms. The third kappa shape index (κ3) is 7.13. The van der Waals surface area contributed by atoms with Gasteiger partial charge in [0.2, 0.25) is 11.8 Å². The van der Waals surface area contributed by atoms with Crippen molar-refractivity contribution < 1.29 is 14.3 Å². The van der Waals surface area contributed by atoms with Gasteiger partial charge in [0.05, 0.1) is 7.11 Å². The number of nitrogens with one attached hydrogen (secondary N) is 2. The number of ether oxygens (including phenoxy) is 1. The van der Waals surface area contributed by atoms with Gasteiger partial charge in [0.1, 0.15) is 5.75 Å². The zero-order chi connectivity index (χ0) is 26.2. The molecule has 37 heavy (non-hydrogen) atoms. The van der Waals surface area contributed by atoms with Crippen molar-refractivity contribution in [3.05, 3.63) is 65.9 Å². The molecule has 1 aromatic heterocycles. The summed E-state index contributed by atoms with van der Waals surface area (Å²) in [7, 11) is 1.69. The average Bonchev–Trinajstić information content (AvgIpc) is 3.25. The van der Waals surface area contributed by atoms with E-state index in [0.29, 0.717) is 38.5 Å². The number of hydrogen-bond acceptors (Lipinski definition) is 4. The van der Waals surface area contributed by atoms with E-state index < -0.39 is 0 Å². The second-order valence-corrected chi connectivity index (χ2v) is 10.2. The van der Waals surface area contributed by atoms with E-state index >= 15 is 0 Å². The van der Waals surface area contributed by atoms with Gasteiger partial charge in [-0.05, 0) is 69.0 Å². The molecule has 198 valence electrons. The first-order valence-corrected chi connectivity index (χ1v) is 13.4. The SMILES string of the molecule is COc1ccc2c(c1)c(CN1CCCC(C(=O)NCc3ccccc3)CCNC(=O)CC1)cn2C(C)C. The average molecular weight is 505 g/mol. The fraction of sp³-hybridized carbons (Fsp3) is 0.467. The number of nitrogens with zero attached hydrogens (tertiary/aromatic N) is 2. The lowest BCUT2D eigenvalue weighted by molar-refractivity contribution is -0.126. The molecule has 4 rings (SSSR count). The van der Waals surface area contributed by atoms with Crippen LogP contribution >= 0.6 is 0 Å². The lowest BCUT2D eigenvalue weighted by Gasteiger charge is -2.22. The van der Waals surface area contributed by atoms with Gasteiger partial charge in [0.25, 0.3) is 0 Å². The smallest absolute Gasteiger partial charge is 0.223 e. The zero-order valence-corrected chi connectivity index (χ0v) is 22.3. The molecule has 0 bridgehead atoms. The van der Waals surface area contributed by atoms with Crippen molar-refractivity contribution in [2.75, 3.05) is 26.7 Å². The van der Waals surface area contributed by atoms with Gasteiger partial charge in [0, 0.05) is 61.7 Å². The van der Waals surface area contributed by atoms with Gasteiger partial charge >= 0.3 is 0 Å². The number of carbonyl (C=O) groups is 2. The molecule has 3 aromatic rings. The summed E-state index contributed by atoms with van der Waals surface area (Å²) in [6.45, 7) is 7.72. The highest BCUT2D eigenvalue weighted by molar-refractivity contribution is 5.85. The van der Waals surface area contributed by atoms with Crippen molar-refractivity contribution in [2.24, 2.45) is 5.92 Å². The Morgan fingerprint density at radius 2 is 1.95 bits per heavy atom. The maximum atomic E-state index is 13.0. The first-order valence-electron chi connectivity index (χ1n) is 13.4. The summed E-state index contributed by atoms with van der Waals surface area (Å²) >= 11 is 0. The third-order valence-electron chi connectivity index (χ3n) is 7.25. The van der Waals surface area contributed by atoms with E-state index in [0.717, 1.165) is 37.2 Å². The molecular weight excluding hydrogens is 464 g/mol. The highest BCUT2D eigenvalue weighted by Crippen LogP contribution is 2.29. The Bertz CT molecular complexity index is 1190. The summed E-state index contributed by atoms with van der Waals surface area (Å²) in [5.74, 6) is 0.838. The van der Waals surface area contributed by atoms with Gasteiger partial charge in [-0.15, -0.1) is 0 Å². The molecule has 1 atom stereocenters. The van der Waals surface area contributed by atoms with E-state index in [-0.39, 0.29) is 17.7 Å². The van der Waals surface area contributed by atoms with Crippen molar-refractivity contribution in [3.8, 4) is 5.75 Å². The van der Waals surface area contributed by atoms with Gasteiger partial charge in [0.15, 0.2) is 0 Å². The minimum Gasteiger partial charge on any atom is -0.497 e. The maximum Gasteiger partial charge on any atom is 0.223 e. The van der Waals surface area contributed by atoms with Crippen molar-refractivity contribution in [1.82, 2.24) is 20.1 Å². The Labute approximate surface area is 220 Å². The first-order chi connectivity index (χ1) is 17.9. The van der Waals surface area contributed by atoms with E-state index in [2.05, 4.69) is 52.3 Å². The van der Waals surface area contributed by atoms with Crippen LogP contribution < -0.4 is 15.4 Å². The Morgan fingerprint density at radius 1 is 1.14 bits per heavy atom. The first kappa shape index (κ1) is 26.7. The third-order valence-corrected chi connectivity index (χ3v) is 7.25. The van der Waals surface area contributed by atoms with Crippen molar-refractivity contribution in [3.63, 3.8) is 0 Å². The van der Waals surface area contributed by atoms with Crippen LogP contribution in [0, 0.1) is 5.92 Å². The summed E-state index contributed by atoms with van der Waals surface area (Å²) in [5, 5.41) is 7.30. The van der Waals surface area contributed by atoms with Crippen molar-refractivity contribution in [1.29, 1.82) is 0 Å².